The molecule has 1 aromatic heterocycles. The van der Waals surface area contributed by atoms with Crippen molar-refractivity contribution in [1.82, 2.24) is 15.6 Å². The van der Waals surface area contributed by atoms with Crippen LogP contribution in [-0.2, 0) is 12.8 Å². The van der Waals surface area contributed by atoms with E-state index in [0.29, 0.717) is 11.4 Å². The van der Waals surface area contributed by atoms with Gasteiger partial charge in [-0.25, -0.2) is 5.43 Å². The van der Waals surface area contributed by atoms with Gasteiger partial charge in [0.15, 0.2) is 5.69 Å². The summed E-state index contributed by atoms with van der Waals surface area (Å²) in [4.78, 5) is 12.2. The summed E-state index contributed by atoms with van der Waals surface area (Å²) in [7, 11) is 0. The van der Waals surface area contributed by atoms with Crippen LogP contribution < -0.4 is 10.2 Å². The van der Waals surface area contributed by atoms with E-state index in [1.807, 2.05) is 54.6 Å². The fourth-order valence-corrected chi connectivity index (χ4v) is 3.01. The fourth-order valence-electron chi connectivity index (χ4n) is 3.01. The lowest BCUT2D eigenvalue weighted by atomic mass is 10.2. The molecule has 2 aromatic carbocycles. The average Bonchev–Trinajstić information content (AvgIpc) is 3.26. The first-order valence-corrected chi connectivity index (χ1v) is 8.52. The molecule has 6 nitrogen and oxygen atoms in total. The van der Waals surface area contributed by atoms with Gasteiger partial charge in [-0.1, -0.05) is 30.3 Å². The van der Waals surface area contributed by atoms with Crippen LogP contribution >= 0.6 is 0 Å². The number of nitrogens with zero attached hydrogens (tertiary/aromatic N) is 2. The number of amides is 1. The molecular weight excluding hydrogens is 328 g/mol. The monoisotopic (exact) mass is 346 g/mol. The summed E-state index contributed by atoms with van der Waals surface area (Å²) in [6, 6.07) is 17.1. The summed E-state index contributed by atoms with van der Waals surface area (Å²) in [6.45, 7) is 0. The van der Waals surface area contributed by atoms with E-state index < -0.39 is 0 Å². The van der Waals surface area contributed by atoms with Gasteiger partial charge in [0, 0.05) is 11.3 Å². The van der Waals surface area contributed by atoms with Gasteiger partial charge in [-0.05, 0) is 49.1 Å². The van der Waals surface area contributed by atoms with Gasteiger partial charge in [-0.15, -0.1) is 0 Å². The number of carbonyl (C=O) groups excluding carboxylic acids is 1. The van der Waals surface area contributed by atoms with Gasteiger partial charge in [0.1, 0.15) is 11.5 Å². The zero-order valence-corrected chi connectivity index (χ0v) is 14.1. The number of aromatic nitrogens is 2. The van der Waals surface area contributed by atoms with E-state index in [9.17, 15) is 4.79 Å². The molecule has 0 radical (unpaired) electrons. The molecule has 1 amide bonds. The molecule has 0 saturated carbocycles. The lowest BCUT2D eigenvalue weighted by Gasteiger charge is -2.05. The van der Waals surface area contributed by atoms with Crippen molar-refractivity contribution < 1.29 is 9.53 Å². The number of rotatable bonds is 5. The Kier molecular flexibility index (Phi) is 4.47. The number of hydrazone groups is 1. The third-order valence-corrected chi connectivity index (χ3v) is 4.24. The van der Waals surface area contributed by atoms with Gasteiger partial charge in [0.25, 0.3) is 5.91 Å². The summed E-state index contributed by atoms with van der Waals surface area (Å²) in [6.07, 6.45) is 4.48. The van der Waals surface area contributed by atoms with Crippen LogP contribution in [0.3, 0.4) is 0 Å². The lowest BCUT2D eigenvalue weighted by molar-refractivity contribution is 0.0949. The van der Waals surface area contributed by atoms with Crippen molar-refractivity contribution in [3.05, 3.63) is 77.1 Å². The first-order chi connectivity index (χ1) is 12.8. The second-order valence-corrected chi connectivity index (χ2v) is 6.07. The van der Waals surface area contributed by atoms with Crippen molar-refractivity contribution in [2.75, 3.05) is 0 Å². The van der Waals surface area contributed by atoms with E-state index in [1.165, 1.54) is 0 Å². The van der Waals surface area contributed by atoms with E-state index in [1.54, 1.807) is 6.21 Å². The predicted octanol–water partition coefficient (Wildman–Crippen LogP) is 3.45. The van der Waals surface area contributed by atoms with Gasteiger partial charge < -0.3 is 4.74 Å². The minimum absolute atomic E-state index is 0.294. The standard InChI is InChI=1S/C20H18N4O2/c25-20(19-17-10-5-11-18(17)22-23-19)24-21-13-14-6-4-9-16(12-14)26-15-7-2-1-3-8-15/h1-4,6-9,12-13H,5,10-11H2,(H,22,23)(H,24,25)/b21-13+. The van der Waals surface area contributed by atoms with E-state index in [4.69, 9.17) is 4.74 Å². The highest BCUT2D eigenvalue weighted by Gasteiger charge is 2.22. The van der Waals surface area contributed by atoms with Crippen molar-refractivity contribution in [1.29, 1.82) is 0 Å². The van der Waals surface area contributed by atoms with Crippen LogP contribution in [0.4, 0.5) is 0 Å². The molecule has 0 unspecified atom stereocenters. The summed E-state index contributed by atoms with van der Waals surface area (Å²) in [5.74, 6) is 1.18. The van der Waals surface area contributed by atoms with Gasteiger partial charge in [0.05, 0.1) is 6.21 Å². The van der Waals surface area contributed by atoms with Crippen molar-refractivity contribution in [2.45, 2.75) is 19.3 Å². The molecule has 6 heteroatoms. The molecule has 0 fully saturated rings. The molecular formula is C20H18N4O2. The maximum absolute atomic E-state index is 12.2. The van der Waals surface area contributed by atoms with E-state index in [2.05, 4.69) is 20.7 Å². The molecule has 1 heterocycles. The van der Waals surface area contributed by atoms with Crippen LogP contribution in [-0.4, -0.2) is 22.3 Å². The summed E-state index contributed by atoms with van der Waals surface area (Å²) < 4.78 is 5.79. The van der Waals surface area contributed by atoms with Crippen LogP contribution in [0.5, 0.6) is 11.5 Å². The molecule has 0 bridgehead atoms. The highest BCUT2D eigenvalue weighted by Crippen LogP contribution is 2.23. The van der Waals surface area contributed by atoms with Crippen molar-refractivity contribution in [3.63, 3.8) is 0 Å². The van der Waals surface area contributed by atoms with Crippen LogP contribution in [0.1, 0.15) is 33.7 Å². The highest BCUT2D eigenvalue weighted by atomic mass is 16.5. The molecule has 130 valence electrons. The SMILES string of the molecule is O=C(N/N=C/c1cccc(Oc2ccccc2)c1)c1n[nH]c2c1CCC2. The lowest BCUT2D eigenvalue weighted by Crippen LogP contribution is -2.19. The largest absolute Gasteiger partial charge is 0.457 e. The number of ether oxygens (including phenoxy) is 1. The quantitative estimate of drug-likeness (QED) is 0.548. The number of aromatic amines is 1. The van der Waals surface area contributed by atoms with Crippen molar-refractivity contribution >= 4 is 12.1 Å². The molecule has 26 heavy (non-hydrogen) atoms. The number of aryl methyl sites for hydroxylation is 1. The smallest absolute Gasteiger partial charge is 0.292 e. The Balaban J connectivity index is 1.40. The normalized spacial score (nSPS) is 12.9. The van der Waals surface area contributed by atoms with Crippen LogP contribution in [0.15, 0.2) is 59.7 Å². The van der Waals surface area contributed by atoms with E-state index in [-0.39, 0.29) is 5.91 Å². The number of nitrogens with one attached hydrogen (secondary N) is 2. The second-order valence-electron chi connectivity index (χ2n) is 6.07. The summed E-state index contributed by atoms with van der Waals surface area (Å²) in [5, 5.41) is 11.1. The highest BCUT2D eigenvalue weighted by molar-refractivity contribution is 5.94. The Morgan fingerprint density at radius 2 is 1.96 bits per heavy atom. The maximum atomic E-state index is 12.2. The summed E-state index contributed by atoms with van der Waals surface area (Å²) in [5.41, 5.74) is 5.88. The minimum Gasteiger partial charge on any atom is -0.457 e. The Morgan fingerprint density at radius 1 is 1.12 bits per heavy atom. The molecule has 3 aromatic rings. The van der Waals surface area contributed by atoms with E-state index >= 15 is 0 Å². The molecule has 0 spiro atoms. The zero-order chi connectivity index (χ0) is 17.8. The third kappa shape index (κ3) is 3.49. The predicted molar refractivity (Wildman–Crippen MR) is 98.6 cm³/mol. The molecule has 1 aliphatic rings. The van der Waals surface area contributed by atoms with E-state index in [0.717, 1.165) is 41.8 Å². The molecule has 1 aliphatic carbocycles. The second kappa shape index (κ2) is 7.23. The number of hydrogen-bond acceptors (Lipinski definition) is 4. The van der Waals surface area contributed by atoms with Crippen LogP contribution in [0.2, 0.25) is 0 Å². The summed E-state index contributed by atoms with van der Waals surface area (Å²) >= 11 is 0. The first-order valence-electron chi connectivity index (χ1n) is 8.52. The average molecular weight is 346 g/mol. The third-order valence-electron chi connectivity index (χ3n) is 4.24. The van der Waals surface area contributed by atoms with Crippen LogP contribution in [0.25, 0.3) is 0 Å². The molecule has 0 saturated heterocycles. The molecule has 2 N–H and O–H groups in total. The molecule has 0 atom stereocenters. The van der Waals surface area contributed by atoms with Gasteiger partial charge in [-0.3, -0.25) is 9.89 Å². The number of H-pyrrole nitrogens is 1. The zero-order valence-electron chi connectivity index (χ0n) is 14.1. The molecule has 4 rings (SSSR count). The Hall–Kier alpha value is -3.41. The number of benzene rings is 2. The topological polar surface area (TPSA) is 79.4 Å². The van der Waals surface area contributed by atoms with Gasteiger partial charge in [0.2, 0.25) is 0 Å². The number of carbonyl (C=O) groups is 1. The Bertz CT molecular complexity index is 947. The first kappa shape index (κ1) is 16.1. The Morgan fingerprint density at radius 3 is 2.85 bits per heavy atom. The number of para-hydroxylation sites is 1. The molecule has 0 aliphatic heterocycles. The Labute approximate surface area is 150 Å². The minimum atomic E-state index is -0.294. The van der Waals surface area contributed by atoms with Gasteiger partial charge in [-0.2, -0.15) is 10.2 Å². The number of fused-ring (bicyclic) bond motifs is 1. The van der Waals surface area contributed by atoms with Crippen molar-refractivity contribution in [2.24, 2.45) is 5.10 Å². The fraction of sp³-hybridized carbons (Fsp3) is 0.150. The van der Waals surface area contributed by atoms with Gasteiger partial charge >= 0.3 is 0 Å². The van der Waals surface area contributed by atoms with Crippen LogP contribution in [0, 0.1) is 0 Å². The number of hydrogen-bond donors (Lipinski definition) is 2. The maximum Gasteiger partial charge on any atom is 0.292 e. The van der Waals surface area contributed by atoms with Crippen molar-refractivity contribution in [3.8, 4) is 11.5 Å².